The van der Waals surface area contributed by atoms with Crippen molar-refractivity contribution in [3.63, 3.8) is 0 Å². The third kappa shape index (κ3) is 2.81. The van der Waals surface area contributed by atoms with E-state index in [0.717, 1.165) is 22.1 Å². The average Bonchev–Trinajstić information content (AvgIpc) is 3.04. The number of thiazole rings is 1. The zero-order valence-electron chi connectivity index (χ0n) is 12.2. The fraction of sp³-hybridized carbons (Fsp3) is 0. The quantitative estimate of drug-likeness (QED) is 0.547. The van der Waals surface area contributed by atoms with Crippen LogP contribution >= 0.6 is 11.3 Å². The predicted molar refractivity (Wildman–Crippen MR) is 93.5 cm³/mol. The highest BCUT2D eigenvalue weighted by Gasteiger charge is 2.12. The van der Waals surface area contributed by atoms with Crippen molar-refractivity contribution in [2.24, 2.45) is 0 Å². The molecule has 112 valence electrons. The molecule has 0 fully saturated rings. The van der Waals surface area contributed by atoms with Crippen LogP contribution in [0.3, 0.4) is 0 Å². The largest absolute Gasteiger partial charge is 0.337 e. The van der Waals surface area contributed by atoms with Gasteiger partial charge in [0.2, 0.25) is 0 Å². The van der Waals surface area contributed by atoms with Crippen LogP contribution in [0.1, 0.15) is 0 Å². The molecule has 4 rings (SSSR count). The van der Waals surface area contributed by atoms with Gasteiger partial charge in [-0.15, -0.1) is 0 Å². The molecule has 1 aromatic heterocycles. The maximum atomic E-state index is 13.0. The minimum absolute atomic E-state index is 0.224. The van der Waals surface area contributed by atoms with Crippen molar-refractivity contribution >= 4 is 32.9 Å². The molecule has 2 N–H and O–H groups in total. The molecule has 0 saturated carbocycles. The van der Waals surface area contributed by atoms with Gasteiger partial charge in [-0.25, -0.2) is 14.7 Å². The number of aromatic amines is 1. The van der Waals surface area contributed by atoms with Crippen molar-refractivity contribution in [1.29, 1.82) is 0 Å². The molecule has 0 saturated heterocycles. The number of aromatic nitrogens is 1. The Bertz CT molecular complexity index is 955. The number of rotatable bonds is 3. The van der Waals surface area contributed by atoms with Gasteiger partial charge in [0, 0.05) is 16.3 Å². The molecule has 0 atom stereocenters. The van der Waals surface area contributed by atoms with Gasteiger partial charge in [-0.1, -0.05) is 47.7 Å². The lowest BCUT2D eigenvalue weighted by Crippen LogP contribution is -2.07. The number of hydrogen-bond donors (Lipinski definition) is 1. The topological polar surface area (TPSA) is 26.2 Å². The fourth-order valence-corrected chi connectivity index (χ4v) is 3.35. The first-order chi connectivity index (χ1) is 11.3. The number of H-pyrrole nitrogens is 1. The smallest absolute Gasteiger partial charge is 0.231 e. The summed E-state index contributed by atoms with van der Waals surface area (Å²) in [7, 11) is 0. The molecule has 2 nitrogen and oxygen atoms in total. The molecule has 3 aromatic carbocycles. The number of halogens is 1. The first-order valence-corrected chi connectivity index (χ1v) is 8.19. The summed E-state index contributed by atoms with van der Waals surface area (Å²) in [6, 6.07) is 21.0. The van der Waals surface area contributed by atoms with Crippen molar-refractivity contribution in [3.05, 3.63) is 77.9 Å². The molecule has 0 aliphatic rings. The molecule has 0 spiro atoms. The summed E-state index contributed by atoms with van der Waals surface area (Å²) in [5, 5.41) is 8.79. The van der Waals surface area contributed by atoms with Gasteiger partial charge in [-0.05, 0) is 35.7 Å². The maximum absolute atomic E-state index is 13.0. The molecule has 0 bridgehead atoms. The first kappa shape index (κ1) is 13.9. The Hall–Kier alpha value is -2.72. The van der Waals surface area contributed by atoms with Crippen LogP contribution in [-0.4, -0.2) is 0 Å². The minimum Gasteiger partial charge on any atom is -0.231 e. The Kier molecular flexibility index (Phi) is 3.52. The number of anilines is 2. The maximum Gasteiger partial charge on any atom is 0.337 e. The van der Waals surface area contributed by atoms with Crippen molar-refractivity contribution in [2.75, 3.05) is 5.32 Å². The van der Waals surface area contributed by atoms with Gasteiger partial charge in [0.15, 0.2) is 0 Å². The Morgan fingerprint density at radius 3 is 2.52 bits per heavy atom. The van der Waals surface area contributed by atoms with Crippen molar-refractivity contribution < 1.29 is 9.37 Å². The monoisotopic (exact) mass is 321 g/mol. The highest BCUT2D eigenvalue weighted by molar-refractivity contribution is 7.13. The summed E-state index contributed by atoms with van der Waals surface area (Å²) in [5.41, 5.74) is 3.00. The van der Waals surface area contributed by atoms with E-state index in [1.807, 2.05) is 23.6 Å². The fourth-order valence-electron chi connectivity index (χ4n) is 2.59. The highest BCUT2D eigenvalue weighted by Crippen LogP contribution is 2.28. The van der Waals surface area contributed by atoms with Crippen LogP contribution in [0.5, 0.6) is 0 Å². The zero-order valence-corrected chi connectivity index (χ0v) is 13.0. The molecule has 4 heteroatoms. The Morgan fingerprint density at radius 2 is 1.65 bits per heavy atom. The third-order valence-electron chi connectivity index (χ3n) is 3.74. The Labute approximate surface area is 137 Å². The van der Waals surface area contributed by atoms with E-state index in [1.165, 1.54) is 22.9 Å². The second-order valence-corrected chi connectivity index (χ2v) is 6.14. The molecule has 0 unspecified atom stereocenters. The molecule has 0 amide bonds. The molecule has 0 aliphatic carbocycles. The molecule has 0 radical (unpaired) electrons. The second-order valence-electron chi connectivity index (χ2n) is 5.26. The summed E-state index contributed by atoms with van der Waals surface area (Å²) < 4.78 is 13.0. The van der Waals surface area contributed by atoms with Crippen molar-refractivity contribution in [2.45, 2.75) is 0 Å². The van der Waals surface area contributed by atoms with Gasteiger partial charge in [0.25, 0.3) is 0 Å². The molecule has 0 aliphatic heterocycles. The number of benzene rings is 3. The number of hydrogen-bond acceptors (Lipinski definition) is 2. The first-order valence-electron chi connectivity index (χ1n) is 7.31. The second kappa shape index (κ2) is 5.82. The molecule has 23 heavy (non-hydrogen) atoms. The van der Waals surface area contributed by atoms with E-state index in [9.17, 15) is 4.39 Å². The zero-order chi connectivity index (χ0) is 15.6. The van der Waals surface area contributed by atoms with E-state index in [2.05, 4.69) is 34.6 Å². The average molecular weight is 321 g/mol. The van der Waals surface area contributed by atoms with E-state index in [4.69, 9.17) is 0 Å². The van der Waals surface area contributed by atoms with Gasteiger partial charge >= 0.3 is 5.13 Å². The van der Waals surface area contributed by atoms with E-state index in [0.29, 0.717) is 0 Å². The van der Waals surface area contributed by atoms with E-state index >= 15 is 0 Å². The van der Waals surface area contributed by atoms with Gasteiger partial charge in [0.1, 0.15) is 17.2 Å². The van der Waals surface area contributed by atoms with Crippen LogP contribution in [0.4, 0.5) is 15.2 Å². The lowest BCUT2D eigenvalue weighted by atomic mass is 10.1. The SMILES string of the molecule is Fc1ccc(-c2csc(Nc3cccc4ccccc34)[nH+]2)cc1. The minimum atomic E-state index is -0.224. The molecule has 4 aromatic rings. The summed E-state index contributed by atoms with van der Waals surface area (Å²) >= 11 is 1.59. The van der Waals surface area contributed by atoms with Gasteiger partial charge < -0.3 is 0 Å². The Morgan fingerprint density at radius 1 is 0.870 bits per heavy atom. The van der Waals surface area contributed by atoms with Crippen molar-refractivity contribution in [1.82, 2.24) is 0 Å². The normalized spacial score (nSPS) is 10.8. The lowest BCUT2D eigenvalue weighted by Gasteiger charge is -2.01. The summed E-state index contributed by atoms with van der Waals surface area (Å²) in [6.45, 7) is 0. The molecular formula is C19H14FN2S+. The van der Waals surface area contributed by atoms with Gasteiger partial charge in [-0.3, -0.25) is 0 Å². The number of fused-ring (bicyclic) bond motifs is 1. The van der Waals surface area contributed by atoms with Crippen LogP contribution in [0.15, 0.2) is 72.1 Å². The van der Waals surface area contributed by atoms with Gasteiger partial charge in [-0.2, -0.15) is 0 Å². The van der Waals surface area contributed by atoms with Crippen LogP contribution in [-0.2, 0) is 0 Å². The van der Waals surface area contributed by atoms with E-state index < -0.39 is 0 Å². The van der Waals surface area contributed by atoms with Crippen LogP contribution in [0.25, 0.3) is 22.0 Å². The highest BCUT2D eigenvalue weighted by atomic mass is 32.1. The summed E-state index contributed by atoms with van der Waals surface area (Å²) in [5.74, 6) is -0.224. The van der Waals surface area contributed by atoms with Crippen molar-refractivity contribution in [3.8, 4) is 11.3 Å². The summed E-state index contributed by atoms with van der Waals surface area (Å²) in [4.78, 5) is 3.35. The third-order valence-corrected chi connectivity index (χ3v) is 4.53. The van der Waals surface area contributed by atoms with Crippen LogP contribution in [0, 0.1) is 5.82 Å². The summed E-state index contributed by atoms with van der Waals surface area (Å²) in [6.07, 6.45) is 0. The lowest BCUT2D eigenvalue weighted by molar-refractivity contribution is -0.340. The standard InChI is InChI=1S/C19H13FN2S/c20-15-10-8-14(9-11-15)18-12-23-19(22-18)21-17-7-3-5-13-4-1-2-6-16(13)17/h1-12H,(H,21,22)/p+1. The predicted octanol–water partition coefficient (Wildman–Crippen LogP) is 5.27. The molecular weight excluding hydrogens is 307 g/mol. The van der Waals surface area contributed by atoms with Crippen LogP contribution < -0.4 is 10.3 Å². The van der Waals surface area contributed by atoms with E-state index in [1.54, 1.807) is 23.5 Å². The van der Waals surface area contributed by atoms with E-state index in [-0.39, 0.29) is 5.82 Å². The number of nitrogens with one attached hydrogen (secondary N) is 2. The van der Waals surface area contributed by atoms with Gasteiger partial charge in [0.05, 0.1) is 0 Å². The van der Waals surface area contributed by atoms with Crippen LogP contribution in [0.2, 0.25) is 0 Å². The molecule has 1 heterocycles. The Balaban J connectivity index is 1.66.